The maximum atomic E-state index is 8.56. The van der Waals surface area contributed by atoms with Gasteiger partial charge in [0.2, 0.25) is 0 Å². The SMILES string of the molecule is OC1[CH]SC(O)N1. The molecule has 1 fully saturated rings. The van der Waals surface area contributed by atoms with E-state index in [0.29, 0.717) is 0 Å². The fourth-order valence-corrected chi connectivity index (χ4v) is 0.968. The highest BCUT2D eigenvalue weighted by atomic mass is 32.2. The van der Waals surface area contributed by atoms with Gasteiger partial charge < -0.3 is 10.2 Å². The number of nitrogens with one attached hydrogen (secondary N) is 1. The maximum absolute atomic E-state index is 8.56. The normalized spacial score (nSPS) is 42.0. The van der Waals surface area contributed by atoms with Gasteiger partial charge in [-0.1, -0.05) is 0 Å². The zero-order valence-electron chi connectivity index (χ0n) is 3.53. The first-order valence-corrected chi connectivity index (χ1v) is 2.84. The molecule has 1 saturated heterocycles. The second-order valence-electron chi connectivity index (χ2n) is 1.24. The summed E-state index contributed by atoms with van der Waals surface area (Å²) in [6.45, 7) is 0. The van der Waals surface area contributed by atoms with Gasteiger partial charge in [-0.3, -0.25) is 5.32 Å². The van der Waals surface area contributed by atoms with E-state index in [2.05, 4.69) is 5.32 Å². The molecule has 0 saturated carbocycles. The highest BCUT2D eigenvalue weighted by molar-refractivity contribution is 8.01. The van der Waals surface area contributed by atoms with Crippen LogP contribution in [0, 0.1) is 5.75 Å². The van der Waals surface area contributed by atoms with Crippen molar-refractivity contribution in [2.75, 3.05) is 0 Å². The van der Waals surface area contributed by atoms with Gasteiger partial charge in [0.15, 0.2) is 5.56 Å². The topological polar surface area (TPSA) is 52.5 Å². The minimum atomic E-state index is -0.639. The largest absolute Gasteiger partial charge is 0.377 e. The van der Waals surface area contributed by atoms with Gasteiger partial charge in [-0.2, -0.15) is 0 Å². The third kappa shape index (κ3) is 1.31. The van der Waals surface area contributed by atoms with E-state index in [-0.39, 0.29) is 0 Å². The van der Waals surface area contributed by atoms with Gasteiger partial charge in [-0.05, 0) is 0 Å². The minimum Gasteiger partial charge on any atom is -0.377 e. The van der Waals surface area contributed by atoms with Gasteiger partial charge >= 0.3 is 0 Å². The number of thioether (sulfide) groups is 1. The first kappa shape index (κ1) is 5.37. The molecule has 0 spiro atoms. The number of aliphatic hydroxyl groups is 2. The van der Waals surface area contributed by atoms with Crippen molar-refractivity contribution in [1.82, 2.24) is 5.32 Å². The number of rotatable bonds is 0. The number of aliphatic hydroxyl groups excluding tert-OH is 2. The summed E-state index contributed by atoms with van der Waals surface area (Å²) in [5.74, 6) is 1.53. The molecular formula is C3H6NO2S. The molecule has 0 aliphatic carbocycles. The van der Waals surface area contributed by atoms with E-state index < -0.39 is 11.8 Å². The van der Waals surface area contributed by atoms with Crippen molar-refractivity contribution in [1.29, 1.82) is 0 Å². The van der Waals surface area contributed by atoms with Gasteiger partial charge in [0, 0.05) is 0 Å². The molecule has 1 rings (SSSR count). The summed E-state index contributed by atoms with van der Waals surface area (Å²) in [4.78, 5) is 0. The molecule has 1 radical (unpaired) electrons. The first-order valence-electron chi connectivity index (χ1n) is 1.90. The van der Waals surface area contributed by atoms with Crippen LogP contribution in [-0.4, -0.2) is 22.0 Å². The Morgan fingerprint density at radius 1 is 1.57 bits per heavy atom. The van der Waals surface area contributed by atoms with Gasteiger partial charge in [-0.15, -0.1) is 11.8 Å². The fraction of sp³-hybridized carbons (Fsp3) is 0.667. The Morgan fingerprint density at radius 3 is 2.43 bits per heavy atom. The van der Waals surface area contributed by atoms with E-state index in [1.165, 1.54) is 17.5 Å². The molecule has 0 aromatic rings. The fourth-order valence-electron chi connectivity index (χ4n) is 0.373. The smallest absolute Gasteiger partial charge is 0.155 e. The molecule has 0 aromatic carbocycles. The highest BCUT2D eigenvalue weighted by Gasteiger charge is 2.19. The van der Waals surface area contributed by atoms with E-state index in [9.17, 15) is 0 Å². The van der Waals surface area contributed by atoms with Crippen LogP contribution < -0.4 is 5.32 Å². The molecule has 0 amide bonds. The molecule has 2 unspecified atom stereocenters. The monoisotopic (exact) mass is 120 g/mol. The van der Waals surface area contributed by atoms with Crippen LogP contribution in [0.4, 0.5) is 0 Å². The molecule has 3 N–H and O–H groups in total. The van der Waals surface area contributed by atoms with Crippen LogP contribution in [0.3, 0.4) is 0 Å². The molecule has 2 atom stereocenters. The van der Waals surface area contributed by atoms with Crippen LogP contribution in [-0.2, 0) is 0 Å². The van der Waals surface area contributed by atoms with Gasteiger partial charge in [0.1, 0.15) is 6.23 Å². The summed E-state index contributed by atoms with van der Waals surface area (Å²) in [5, 5.41) is 19.5. The second kappa shape index (κ2) is 2.00. The molecule has 41 valence electrons. The molecule has 7 heavy (non-hydrogen) atoms. The molecule has 1 aliphatic rings. The lowest BCUT2D eigenvalue weighted by molar-refractivity contribution is 0.125. The molecule has 1 aliphatic heterocycles. The van der Waals surface area contributed by atoms with E-state index >= 15 is 0 Å². The van der Waals surface area contributed by atoms with Crippen LogP contribution in [0.25, 0.3) is 0 Å². The standard InChI is InChI=1S/C3H6NO2S/c5-2-1-7-3(6)4-2/h1-6H. The molecule has 0 aromatic heterocycles. The number of hydrogen-bond acceptors (Lipinski definition) is 4. The molecule has 4 heteroatoms. The number of hydrogen-bond donors (Lipinski definition) is 3. The second-order valence-corrected chi connectivity index (χ2v) is 2.23. The average molecular weight is 120 g/mol. The highest BCUT2D eigenvalue weighted by Crippen LogP contribution is 2.18. The maximum Gasteiger partial charge on any atom is 0.155 e. The lowest BCUT2D eigenvalue weighted by Crippen LogP contribution is -2.27. The van der Waals surface area contributed by atoms with E-state index in [1.54, 1.807) is 0 Å². The summed E-state index contributed by atoms with van der Waals surface area (Å²) >= 11 is 1.17. The van der Waals surface area contributed by atoms with E-state index in [4.69, 9.17) is 10.2 Å². The first-order chi connectivity index (χ1) is 3.29. The molecule has 0 bridgehead atoms. The van der Waals surface area contributed by atoms with Crippen LogP contribution in [0.5, 0.6) is 0 Å². The summed E-state index contributed by atoms with van der Waals surface area (Å²) in [5.41, 5.74) is -0.616. The summed E-state index contributed by atoms with van der Waals surface area (Å²) in [6, 6.07) is 0. The van der Waals surface area contributed by atoms with Crippen molar-refractivity contribution in [3.63, 3.8) is 0 Å². The third-order valence-electron chi connectivity index (χ3n) is 0.650. The van der Waals surface area contributed by atoms with Gasteiger partial charge in [-0.25, -0.2) is 0 Å². The van der Waals surface area contributed by atoms with Gasteiger partial charge in [0.25, 0.3) is 0 Å². The Bertz CT molecular complexity index is 62.0. The van der Waals surface area contributed by atoms with Crippen molar-refractivity contribution in [2.24, 2.45) is 0 Å². The Morgan fingerprint density at radius 2 is 2.29 bits per heavy atom. The Labute approximate surface area is 45.7 Å². The molecule has 3 nitrogen and oxygen atoms in total. The summed E-state index contributed by atoms with van der Waals surface area (Å²) < 4.78 is 0. The zero-order valence-corrected chi connectivity index (χ0v) is 4.35. The predicted octanol–water partition coefficient (Wildman–Crippen LogP) is -0.921. The minimum absolute atomic E-state index is 0.616. The Kier molecular flexibility index (Phi) is 1.53. The molecular weight excluding hydrogens is 114 g/mol. The Hall–Kier alpha value is 0.230. The van der Waals surface area contributed by atoms with Crippen LogP contribution in [0.2, 0.25) is 0 Å². The van der Waals surface area contributed by atoms with Crippen molar-refractivity contribution in [3.8, 4) is 0 Å². The predicted molar refractivity (Wildman–Crippen MR) is 27.0 cm³/mol. The van der Waals surface area contributed by atoms with Crippen molar-refractivity contribution in [2.45, 2.75) is 11.8 Å². The van der Waals surface area contributed by atoms with Crippen molar-refractivity contribution >= 4 is 11.8 Å². The average Bonchev–Trinajstić information content (AvgIpc) is 1.87. The van der Waals surface area contributed by atoms with Crippen LogP contribution in [0.1, 0.15) is 0 Å². The molecule has 1 heterocycles. The van der Waals surface area contributed by atoms with Crippen LogP contribution in [0.15, 0.2) is 0 Å². The van der Waals surface area contributed by atoms with Gasteiger partial charge in [0.05, 0.1) is 5.75 Å². The Balaban J connectivity index is 2.26. The zero-order chi connectivity index (χ0) is 5.28. The summed E-state index contributed by atoms with van der Waals surface area (Å²) in [7, 11) is 0. The summed E-state index contributed by atoms with van der Waals surface area (Å²) in [6.07, 6.45) is -0.639. The van der Waals surface area contributed by atoms with Crippen molar-refractivity contribution in [3.05, 3.63) is 5.75 Å². The lowest BCUT2D eigenvalue weighted by Gasteiger charge is -1.98. The quantitative estimate of drug-likeness (QED) is 0.387. The lowest BCUT2D eigenvalue weighted by atomic mass is 10.7. The van der Waals surface area contributed by atoms with E-state index in [0.717, 1.165) is 0 Å². The third-order valence-corrected chi connectivity index (χ3v) is 1.46. The van der Waals surface area contributed by atoms with E-state index in [1.807, 2.05) is 0 Å². The van der Waals surface area contributed by atoms with Crippen molar-refractivity contribution < 1.29 is 10.2 Å². The van der Waals surface area contributed by atoms with Crippen LogP contribution >= 0.6 is 11.8 Å².